The number of benzene rings is 1. The Labute approximate surface area is 106 Å². The number of ether oxygens (including phenoxy) is 2. The minimum absolute atomic E-state index is 0.0637. The fourth-order valence-corrected chi connectivity index (χ4v) is 1.88. The molecule has 0 aromatic heterocycles. The van der Waals surface area contributed by atoms with Crippen molar-refractivity contribution in [2.45, 2.75) is 26.2 Å². The van der Waals surface area contributed by atoms with Crippen molar-refractivity contribution in [3.8, 4) is 11.5 Å². The standard InChI is InChI=1S/C13H19BrO2/c1-9-11(15-4)6-10(7-12(9)16-5)13(2,3)8-14/h6-7H,8H2,1-5H3. The normalized spacial score (nSPS) is 11.4. The van der Waals surface area contributed by atoms with Gasteiger partial charge >= 0.3 is 0 Å². The van der Waals surface area contributed by atoms with Gasteiger partial charge in [-0.05, 0) is 30.0 Å². The maximum absolute atomic E-state index is 5.37. The average molecular weight is 287 g/mol. The molecule has 0 unspecified atom stereocenters. The van der Waals surface area contributed by atoms with E-state index in [0.717, 1.165) is 22.4 Å². The molecule has 0 saturated heterocycles. The van der Waals surface area contributed by atoms with Crippen LogP contribution in [0.5, 0.6) is 11.5 Å². The Morgan fingerprint density at radius 1 is 1.12 bits per heavy atom. The van der Waals surface area contributed by atoms with E-state index in [1.165, 1.54) is 5.56 Å². The molecule has 0 N–H and O–H groups in total. The van der Waals surface area contributed by atoms with Gasteiger partial charge in [-0.2, -0.15) is 0 Å². The molecule has 0 aliphatic rings. The summed E-state index contributed by atoms with van der Waals surface area (Å²) in [6.07, 6.45) is 0. The fraction of sp³-hybridized carbons (Fsp3) is 0.538. The van der Waals surface area contributed by atoms with E-state index in [-0.39, 0.29) is 5.41 Å². The maximum atomic E-state index is 5.37. The van der Waals surface area contributed by atoms with E-state index in [0.29, 0.717) is 0 Å². The Bertz CT molecular complexity index is 347. The van der Waals surface area contributed by atoms with Crippen LogP contribution in [0, 0.1) is 6.92 Å². The number of methoxy groups -OCH3 is 2. The zero-order valence-corrected chi connectivity index (χ0v) is 12.1. The lowest BCUT2D eigenvalue weighted by Crippen LogP contribution is -2.19. The van der Waals surface area contributed by atoms with Crippen LogP contribution in [0.4, 0.5) is 0 Å². The van der Waals surface area contributed by atoms with Crippen LogP contribution < -0.4 is 9.47 Å². The van der Waals surface area contributed by atoms with Gasteiger partial charge in [0, 0.05) is 10.9 Å². The number of halogens is 1. The van der Waals surface area contributed by atoms with Crippen LogP contribution in [0.1, 0.15) is 25.0 Å². The van der Waals surface area contributed by atoms with Gasteiger partial charge in [-0.15, -0.1) is 0 Å². The third-order valence-electron chi connectivity index (χ3n) is 2.87. The Balaban J connectivity index is 3.32. The van der Waals surface area contributed by atoms with Crippen molar-refractivity contribution in [3.63, 3.8) is 0 Å². The zero-order valence-electron chi connectivity index (χ0n) is 10.6. The lowest BCUT2D eigenvalue weighted by molar-refractivity contribution is 0.385. The van der Waals surface area contributed by atoms with Gasteiger partial charge in [0.1, 0.15) is 11.5 Å². The summed E-state index contributed by atoms with van der Waals surface area (Å²) < 4.78 is 10.7. The van der Waals surface area contributed by atoms with Crippen LogP contribution in [0.25, 0.3) is 0 Å². The highest BCUT2D eigenvalue weighted by atomic mass is 79.9. The SMILES string of the molecule is COc1cc(C(C)(C)CBr)cc(OC)c1C. The molecular formula is C13H19BrO2. The highest BCUT2D eigenvalue weighted by Gasteiger charge is 2.22. The minimum atomic E-state index is 0.0637. The first-order chi connectivity index (χ1) is 7.46. The maximum Gasteiger partial charge on any atom is 0.125 e. The van der Waals surface area contributed by atoms with Gasteiger partial charge < -0.3 is 9.47 Å². The number of rotatable bonds is 4. The summed E-state index contributed by atoms with van der Waals surface area (Å²) in [7, 11) is 3.37. The molecule has 1 rings (SSSR count). The van der Waals surface area contributed by atoms with Crippen LogP contribution in [0.2, 0.25) is 0 Å². The van der Waals surface area contributed by atoms with Gasteiger partial charge in [-0.3, -0.25) is 0 Å². The van der Waals surface area contributed by atoms with Gasteiger partial charge in [-0.1, -0.05) is 29.8 Å². The van der Waals surface area contributed by atoms with E-state index in [9.17, 15) is 0 Å². The third-order valence-corrected chi connectivity index (χ3v) is 4.27. The Morgan fingerprint density at radius 3 is 1.88 bits per heavy atom. The second-order valence-corrected chi connectivity index (χ2v) is 5.08. The van der Waals surface area contributed by atoms with Crippen molar-refractivity contribution in [1.82, 2.24) is 0 Å². The molecule has 0 amide bonds. The van der Waals surface area contributed by atoms with Crippen LogP contribution >= 0.6 is 15.9 Å². The molecule has 0 aliphatic heterocycles. The van der Waals surface area contributed by atoms with Crippen LogP contribution in [-0.4, -0.2) is 19.5 Å². The molecular weight excluding hydrogens is 268 g/mol. The second-order valence-electron chi connectivity index (χ2n) is 4.52. The van der Waals surface area contributed by atoms with E-state index in [1.54, 1.807) is 14.2 Å². The summed E-state index contributed by atoms with van der Waals surface area (Å²) in [6.45, 7) is 6.37. The van der Waals surface area contributed by atoms with Crippen molar-refractivity contribution in [1.29, 1.82) is 0 Å². The topological polar surface area (TPSA) is 18.5 Å². The first-order valence-corrected chi connectivity index (χ1v) is 6.37. The van der Waals surface area contributed by atoms with E-state index in [2.05, 4.69) is 41.9 Å². The van der Waals surface area contributed by atoms with Crippen molar-refractivity contribution >= 4 is 15.9 Å². The molecule has 0 aliphatic carbocycles. The van der Waals surface area contributed by atoms with Crippen molar-refractivity contribution in [2.24, 2.45) is 0 Å². The van der Waals surface area contributed by atoms with E-state index in [4.69, 9.17) is 9.47 Å². The third kappa shape index (κ3) is 2.51. The molecule has 1 aromatic carbocycles. The molecule has 1 aromatic rings. The van der Waals surface area contributed by atoms with Crippen LogP contribution in [0.3, 0.4) is 0 Å². The molecule has 0 fully saturated rings. The number of alkyl halides is 1. The first-order valence-electron chi connectivity index (χ1n) is 5.25. The predicted molar refractivity (Wildman–Crippen MR) is 71.1 cm³/mol. The molecule has 0 heterocycles. The molecule has 3 heteroatoms. The van der Waals surface area contributed by atoms with E-state index < -0.39 is 0 Å². The molecule has 16 heavy (non-hydrogen) atoms. The predicted octanol–water partition coefficient (Wildman–Crippen LogP) is 3.68. The van der Waals surface area contributed by atoms with Gasteiger partial charge in [-0.25, -0.2) is 0 Å². The summed E-state index contributed by atoms with van der Waals surface area (Å²) in [5, 5.41) is 0.898. The Hall–Kier alpha value is -0.700. The average Bonchev–Trinajstić information content (AvgIpc) is 2.29. The Kier molecular flexibility index (Phi) is 4.25. The monoisotopic (exact) mass is 286 g/mol. The zero-order chi connectivity index (χ0) is 12.3. The lowest BCUT2D eigenvalue weighted by Gasteiger charge is -2.24. The first kappa shape index (κ1) is 13.4. The summed E-state index contributed by atoms with van der Waals surface area (Å²) in [6, 6.07) is 4.16. The summed E-state index contributed by atoms with van der Waals surface area (Å²) in [4.78, 5) is 0. The van der Waals surface area contributed by atoms with Crippen molar-refractivity contribution in [3.05, 3.63) is 23.3 Å². The van der Waals surface area contributed by atoms with E-state index >= 15 is 0 Å². The number of hydrogen-bond donors (Lipinski definition) is 0. The van der Waals surface area contributed by atoms with Crippen molar-refractivity contribution < 1.29 is 9.47 Å². The smallest absolute Gasteiger partial charge is 0.125 e. The van der Waals surface area contributed by atoms with E-state index in [1.807, 2.05) is 6.92 Å². The van der Waals surface area contributed by atoms with Crippen LogP contribution in [0.15, 0.2) is 12.1 Å². The highest BCUT2D eigenvalue weighted by Crippen LogP contribution is 2.35. The van der Waals surface area contributed by atoms with Crippen LogP contribution in [-0.2, 0) is 5.41 Å². The second kappa shape index (κ2) is 5.09. The quantitative estimate of drug-likeness (QED) is 0.786. The molecule has 2 nitrogen and oxygen atoms in total. The lowest BCUT2D eigenvalue weighted by atomic mass is 9.86. The molecule has 0 bridgehead atoms. The van der Waals surface area contributed by atoms with Gasteiger partial charge in [0.2, 0.25) is 0 Å². The highest BCUT2D eigenvalue weighted by molar-refractivity contribution is 9.09. The number of hydrogen-bond acceptors (Lipinski definition) is 2. The minimum Gasteiger partial charge on any atom is -0.496 e. The summed E-state index contributed by atoms with van der Waals surface area (Å²) in [5.41, 5.74) is 2.32. The van der Waals surface area contributed by atoms with Gasteiger partial charge in [0.25, 0.3) is 0 Å². The van der Waals surface area contributed by atoms with Gasteiger partial charge in [0.15, 0.2) is 0 Å². The Morgan fingerprint density at radius 2 is 1.56 bits per heavy atom. The molecule has 0 radical (unpaired) electrons. The fourth-order valence-electron chi connectivity index (χ4n) is 1.55. The van der Waals surface area contributed by atoms with Crippen molar-refractivity contribution in [2.75, 3.05) is 19.5 Å². The molecule has 0 atom stereocenters. The summed E-state index contributed by atoms with van der Waals surface area (Å²) in [5.74, 6) is 1.76. The summed E-state index contributed by atoms with van der Waals surface area (Å²) >= 11 is 3.54. The molecule has 90 valence electrons. The molecule has 0 spiro atoms. The van der Waals surface area contributed by atoms with Gasteiger partial charge in [0.05, 0.1) is 14.2 Å². The largest absolute Gasteiger partial charge is 0.496 e. The molecule has 0 saturated carbocycles.